The molecule has 1 amide bonds. The summed E-state index contributed by atoms with van der Waals surface area (Å²) in [6.45, 7) is 6.80. The largest absolute Gasteiger partial charge is 0.325 e. The van der Waals surface area contributed by atoms with Crippen molar-refractivity contribution in [3.63, 3.8) is 0 Å². The quantitative estimate of drug-likeness (QED) is 0.819. The number of hydrogen-bond acceptors (Lipinski definition) is 2. The third-order valence-electron chi connectivity index (χ3n) is 2.35. The zero-order valence-electron chi connectivity index (χ0n) is 10.4. The second-order valence-electron chi connectivity index (χ2n) is 4.91. The Morgan fingerprint density at radius 3 is 2.56 bits per heavy atom. The molecule has 0 aliphatic heterocycles. The van der Waals surface area contributed by atoms with Gasteiger partial charge in [-0.1, -0.05) is 32.9 Å². The molecule has 0 atom stereocenters. The van der Waals surface area contributed by atoms with Crippen LogP contribution in [0, 0.1) is 0 Å². The van der Waals surface area contributed by atoms with Crippen LogP contribution in [0.1, 0.15) is 26.3 Å². The van der Waals surface area contributed by atoms with E-state index in [2.05, 4.69) is 37.5 Å². The first-order chi connectivity index (χ1) is 7.43. The molecule has 0 fully saturated rings. The van der Waals surface area contributed by atoms with Crippen LogP contribution in [0.3, 0.4) is 0 Å². The number of carbonyl (C=O) groups is 1. The maximum Gasteiger partial charge on any atom is 0.238 e. The molecule has 0 spiro atoms. The molecule has 0 saturated heterocycles. The smallest absolute Gasteiger partial charge is 0.238 e. The number of nitrogens with one attached hydrogen (secondary N) is 2. The minimum Gasteiger partial charge on any atom is -0.325 e. The molecule has 2 N–H and O–H groups in total. The lowest BCUT2D eigenvalue weighted by molar-refractivity contribution is -0.115. The zero-order chi connectivity index (χ0) is 12.2. The maximum atomic E-state index is 11.4. The molecular weight excluding hydrogens is 200 g/mol. The summed E-state index contributed by atoms with van der Waals surface area (Å²) in [5.41, 5.74) is 2.17. The fraction of sp³-hybridized carbons (Fsp3) is 0.462. The first-order valence-electron chi connectivity index (χ1n) is 5.48. The van der Waals surface area contributed by atoms with Crippen LogP contribution in [-0.4, -0.2) is 19.5 Å². The van der Waals surface area contributed by atoms with Crippen LogP contribution >= 0.6 is 0 Å². The van der Waals surface area contributed by atoms with Gasteiger partial charge in [-0.15, -0.1) is 0 Å². The third kappa shape index (κ3) is 3.66. The SMILES string of the molecule is CNCC(=O)Nc1cccc(C(C)(C)C)c1. The fourth-order valence-corrected chi connectivity index (χ4v) is 1.43. The lowest BCUT2D eigenvalue weighted by Gasteiger charge is -2.19. The summed E-state index contributed by atoms with van der Waals surface area (Å²) in [7, 11) is 1.76. The molecule has 0 radical (unpaired) electrons. The van der Waals surface area contributed by atoms with Gasteiger partial charge in [0.25, 0.3) is 0 Å². The summed E-state index contributed by atoms with van der Waals surface area (Å²) in [6, 6.07) is 7.97. The third-order valence-corrected chi connectivity index (χ3v) is 2.35. The summed E-state index contributed by atoms with van der Waals surface area (Å²) >= 11 is 0. The van der Waals surface area contributed by atoms with Crippen LogP contribution in [0.25, 0.3) is 0 Å². The van der Waals surface area contributed by atoms with Crippen molar-refractivity contribution in [1.29, 1.82) is 0 Å². The average molecular weight is 220 g/mol. The Labute approximate surface area is 97.2 Å². The van der Waals surface area contributed by atoms with Crippen molar-refractivity contribution < 1.29 is 4.79 Å². The van der Waals surface area contributed by atoms with Crippen LogP contribution in [0.5, 0.6) is 0 Å². The molecule has 88 valence electrons. The molecule has 1 rings (SSSR count). The Kier molecular flexibility index (Phi) is 4.07. The molecular formula is C13H20N2O. The van der Waals surface area contributed by atoms with E-state index in [4.69, 9.17) is 0 Å². The van der Waals surface area contributed by atoms with Gasteiger partial charge in [0.2, 0.25) is 5.91 Å². The minimum absolute atomic E-state index is 0.0199. The first kappa shape index (κ1) is 12.7. The molecule has 1 aromatic rings. The van der Waals surface area contributed by atoms with Crippen molar-refractivity contribution in [3.05, 3.63) is 29.8 Å². The van der Waals surface area contributed by atoms with Crippen LogP contribution in [-0.2, 0) is 10.2 Å². The van der Waals surface area contributed by atoms with E-state index in [1.165, 1.54) is 5.56 Å². The number of anilines is 1. The fourth-order valence-electron chi connectivity index (χ4n) is 1.43. The molecule has 3 heteroatoms. The molecule has 0 aromatic heterocycles. The summed E-state index contributed by atoms with van der Waals surface area (Å²) in [5.74, 6) is -0.0199. The highest BCUT2D eigenvalue weighted by atomic mass is 16.1. The highest BCUT2D eigenvalue weighted by Gasteiger charge is 2.13. The Bertz CT molecular complexity index is 366. The van der Waals surface area contributed by atoms with E-state index >= 15 is 0 Å². The van der Waals surface area contributed by atoms with Crippen LogP contribution in [0.2, 0.25) is 0 Å². The van der Waals surface area contributed by atoms with Gasteiger partial charge in [0.15, 0.2) is 0 Å². The lowest BCUT2D eigenvalue weighted by atomic mass is 9.87. The van der Waals surface area contributed by atoms with E-state index in [-0.39, 0.29) is 11.3 Å². The van der Waals surface area contributed by atoms with Crippen LogP contribution in [0.4, 0.5) is 5.69 Å². The zero-order valence-corrected chi connectivity index (χ0v) is 10.4. The Balaban J connectivity index is 2.79. The first-order valence-corrected chi connectivity index (χ1v) is 5.48. The van der Waals surface area contributed by atoms with E-state index in [0.717, 1.165) is 5.69 Å². The van der Waals surface area contributed by atoms with Crippen LogP contribution < -0.4 is 10.6 Å². The molecule has 0 saturated carbocycles. The van der Waals surface area contributed by atoms with Crippen LogP contribution in [0.15, 0.2) is 24.3 Å². The standard InChI is InChI=1S/C13H20N2O/c1-13(2,3)10-6-5-7-11(8-10)15-12(16)9-14-4/h5-8,14H,9H2,1-4H3,(H,15,16). The van der Waals surface area contributed by atoms with Gasteiger partial charge in [-0.25, -0.2) is 0 Å². The topological polar surface area (TPSA) is 41.1 Å². The van der Waals surface area contributed by atoms with E-state index in [9.17, 15) is 4.79 Å². The molecule has 0 aliphatic rings. The van der Waals surface area contributed by atoms with Crippen molar-refractivity contribution >= 4 is 11.6 Å². The van der Waals surface area contributed by atoms with E-state index < -0.39 is 0 Å². The highest BCUT2D eigenvalue weighted by molar-refractivity contribution is 5.92. The minimum atomic E-state index is -0.0199. The summed E-state index contributed by atoms with van der Waals surface area (Å²) in [5, 5.41) is 5.67. The number of likely N-dealkylation sites (N-methyl/N-ethyl adjacent to an activating group) is 1. The van der Waals surface area contributed by atoms with Gasteiger partial charge in [0.1, 0.15) is 0 Å². The molecule has 0 heterocycles. The summed E-state index contributed by atoms with van der Waals surface area (Å²) < 4.78 is 0. The number of carbonyl (C=O) groups excluding carboxylic acids is 1. The summed E-state index contributed by atoms with van der Waals surface area (Å²) in [6.07, 6.45) is 0. The molecule has 3 nitrogen and oxygen atoms in total. The normalized spacial score (nSPS) is 11.2. The van der Waals surface area contributed by atoms with Gasteiger partial charge in [-0.2, -0.15) is 0 Å². The van der Waals surface area contributed by atoms with E-state index in [0.29, 0.717) is 6.54 Å². The van der Waals surface area contributed by atoms with Gasteiger partial charge in [0, 0.05) is 5.69 Å². The highest BCUT2D eigenvalue weighted by Crippen LogP contribution is 2.24. The van der Waals surface area contributed by atoms with Crippen molar-refractivity contribution in [2.45, 2.75) is 26.2 Å². The average Bonchev–Trinajstić information content (AvgIpc) is 2.17. The van der Waals surface area contributed by atoms with Gasteiger partial charge >= 0.3 is 0 Å². The second kappa shape index (κ2) is 5.12. The predicted octanol–water partition coefficient (Wildman–Crippen LogP) is 2.14. The molecule has 0 aliphatic carbocycles. The maximum absolute atomic E-state index is 11.4. The molecule has 1 aromatic carbocycles. The predicted molar refractivity (Wildman–Crippen MR) is 67.7 cm³/mol. The lowest BCUT2D eigenvalue weighted by Crippen LogP contribution is -2.25. The van der Waals surface area contributed by atoms with Crippen molar-refractivity contribution in [2.24, 2.45) is 0 Å². The molecule has 0 unspecified atom stereocenters. The van der Waals surface area contributed by atoms with Gasteiger partial charge in [-0.3, -0.25) is 4.79 Å². The van der Waals surface area contributed by atoms with Gasteiger partial charge in [0.05, 0.1) is 6.54 Å². The number of rotatable bonds is 3. The van der Waals surface area contributed by atoms with Crippen molar-refractivity contribution in [3.8, 4) is 0 Å². The van der Waals surface area contributed by atoms with Gasteiger partial charge < -0.3 is 10.6 Å². The van der Waals surface area contributed by atoms with E-state index in [1.807, 2.05) is 18.2 Å². The summed E-state index contributed by atoms with van der Waals surface area (Å²) in [4.78, 5) is 11.4. The van der Waals surface area contributed by atoms with Crippen molar-refractivity contribution in [2.75, 3.05) is 18.9 Å². The molecule has 16 heavy (non-hydrogen) atoms. The molecule has 0 bridgehead atoms. The monoisotopic (exact) mass is 220 g/mol. The number of hydrogen-bond donors (Lipinski definition) is 2. The number of benzene rings is 1. The Hall–Kier alpha value is -1.35. The second-order valence-corrected chi connectivity index (χ2v) is 4.91. The Morgan fingerprint density at radius 1 is 1.31 bits per heavy atom. The van der Waals surface area contributed by atoms with E-state index in [1.54, 1.807) is 7.05 Å². The number of amides is 1. The van der Waals surface area contributed by atoms with Gasteiger partial charge in [-0.05, 0) is 30.2 Å². The Morgan fingerprint density at radius 2 is 2.00 bits per heavy atom. The van der Waals surface area contributed by atoms with Crippen molar-refractivity contribution in [1.82, 2.24) is 5.32 Å².